The van der Waals surface area contributed by atoms with Gasteiger partial charge in [0.1, 0.15) is 19.3 Å². The predicted molar refractivity (Wildman–Crippen MR) is 334 cm³/mol. The molecule has 3 unspecified atom stereocenters. The van der Waals surface area contributed by atoms with E-state index in [2.05, 4.69) is 148 Å². The number of phosphoric acid groups is 1. The number of carbonyl (C=O) groups is 2. The quantitative estimate of drug-likeness (QED) is 0.0212. The number of phosphoric ester groups is 1. The maximum absolute atomic E-state index is 13.5. The Bertz CT molecular complexity index is 1800. The number of ether oxygens (including phenoxy) is 1. The van der Waals surface area contributed by atoms with Crippen molar-refractivity contribution in [3.63, 3.8) is 0 Å². The summed E-state index contributed by atoms with van der Waals surface area (Å²) in [6.07, 6.45) is 80.0. The van der Waals surface area contributed by atoms with E-state index >= 15 is 0 Å². The molecule has 0 aliphatic carbocycles. The molecule has 0 rings (SSSR count). The Labute approximate surface area is 479 Å². The minimum absolute atomic E-state index is 0.0410. The summed E-state index contributed by atoms with van der Waals surface area (Å²) in [5.41, 5.74) is 0. The molecule has 1 amide bonds. The Kier molecular flexibility index (Phi) is 53.6. The number of allylic oxidation sites excluding steroid dienone is 21. The average molecular weight is 1100 g/mol. The topological polar surface area (TPSA) is 114 Å². The summed E-state index contributed by atoms with van der Waals surface area (Å²) in [6.45, 7) is 6.55. The van der Waals surface area contributed by atoms with Crippen LogP contribution in [-0.4, -0.2) is 69.4 Å². The molecule has 0 radical (unpaired) electrons. The van der Waals surface area contributed by atoms with Crippen LogP contribution in [0.4, 0.5) is 0 Å². The van der Waals surface area contributed by atoms with E-state index in [-0.39, 0.29) is 25.4 Å². The van der Waals surface area contributed by atoms with Gasteiger partial charge in [0, 0.05) is 12.8 Å². The van der Waals surface area contributed by atoms with Gasteiger partial charge in [-0.1, -0.05) is 238 Å². The summed E-state index contributed by atoms with van der Waals surface area (Å²) < 4.78 is 30.2. The Morgan fingerprint density at radius 1 is 0.462 bits per heavy atom. The number of esters is 1. The van der Waals surface area contributed by atoms with Gasteiger partial charge in [-0.25, -0.2) is 0 Å². The van der Waals surface area contributed by atoms with E-state index in [4.69, 9.17) is 13.8 Å². The van der Waals surface area contributed by atoms with Crippen LogP contribution in [0.15, 0.2) is 134 Å². The monoisotopic (exact) mass is 1100 g/mol. The second-order valence-corrected chi connectivity index (χ2v) is 22.9. The van der Waals surface area contributed by atoms with Crippen molar-refractivity contribution >= 4 is 19.7 Å². The summed E-state index contributed by atoms with van der Waals surface area (Å²) in [4.78, 5) is 40.0. The smallest absolute Gasteiger partial charge is 0.306 e. The molecule has 0 spiro atoms. The first-order valence-corrected chi connectivity index (χ1v) is 32.5. The highest BCUT2D eigenvalue weighted by molar-refractivity contribution is 7.45. The van der Waals surface area contributed by atoms with E-state index in [0.29, 0.717) is 23.9 Å². The molecule has 9 nitrogen and oxygen atoms in total. The van der Waals surface area contributed by atoms with Gasteiger partial charge in [0.05, 0.1) is 33.8 Å². The zero-order chi connectivity index (χ0) is 57.2. The van der Waals surface area contributed by atoms with Crippen LogP contribution < -0.4 is 10.2 Å². The molecule has 0 aromatic carbocycles. The van der Waals surface area contributed by atoms with Crippen molar-refractivity contribution in [3.8, 4) is 0 Å². The van der Waals surface area contributed by atoms with E-state index in [9.17, 15) is 19.0 Å². The fourth-order valence-corrected chi connectivity index (χ4v) is 8.84. The van der Waals surface area contributed by atoms with Gasteiger partial charge in [-0.15, -0.1) is 0 Å². The van der Waals surface area contributed by atoms with E-state index in [1.807, 2.05) is 27.2 Å². The number of quaternary nitrogens is 1. The lowest BCUT2D eigenvalue weighted by Gasteiger charge is -2.30. The van der Waals surface area contributed by atoms with Crippen molar-refractivity contribution in [3.05, 3.63) is 134 Å². The number of likely N-dealkylation sites (N-methyl/N-ethyl adjacent to an activating group) is 1. The predicted octanol–water partition coefficient (Wildman–Crippen LogP) is 18.6. The van der Waals surface area contributed by atoms with Gasteiger partial charge >= 0.3 is 5.97 Å². The summed E-state index contributed by atoms with van der Waals surface area (Å²) in [7, 11) is 1.13. The number of hydrogen-bond acceptors (Lipinski definition) is 7. The molecule has 0 aromatic rings. The van der Waals surface area contributed by atoms with Crippen LogP contribution in [0.25, 0.3) is 0 Å². The number of carbonyl (C=O) groups excluding carboxylic acids is 2. The van der Waals surface area contributed by atoms with Gasteiger partial charge in [0.2, 0.25) is 5.91 Å². The molecule has 0 heterocycles. The molecule has 0 saturated heterocycles. The Balaban J connectivity index is 5.34. The third-order valence-electron chi connectivity index (χ3n) is 12.8. The third kappa shape index (κ3) is 56.9. The molecule has 444 valence electrons. The Morgan fingerprint density at radius 2 is 0.833 bits per heavy atom. The van der Waals surface area contributed by atoms with Gasteiger partial charge in [-0.2, -0.15) is 0 Å². The highest BCUT2D eigenvalue weighted by Gasteiger charge is 2.27. The molecule has 0 aliphatic heterocycles. The SMILES string of the molecule is CC/C=C\C/C=C\C/C=C\C/C=C\C/C=C\CCCCCCCCCC(=O)NC(COP(=O)([O-])OCC[N+](C)(C)C)C(/C=C\CCCCCCCCCCCC)OC(=O)CCC/C=C\C/C=C\C/C=C\C/C=C\C/C=C\CC. The highest BCUT2D eigenvalue weighted by atomic mass is 31.2. The lowest BCUT2D eigenvalue weighted by molar-refractivity contribution is -0.870. The van der Waals surface area contributed by atoms with Crippen molar-refractivity contribution in [2.75, 3.05) is 40.9 Å². The fraction of sp³-hybridized carbons (Fsp3) is 0.647. The van der Waals surface area contributed by atoms with Crippen molar-refractivity contribution < 1.29 is 37.3 Å². The zero-order valence-corrected chi connectivity index (χ0v) is 51.5. The first kappa shape index (κ1) is 74.2. The zero-order valence-electron chi connectivity index (χ0n) is 50.6. The number of nitrogens with zero attached hydrogens (tertiary/aromatic N) is 1. The van der Waals surface area contributed by atoms with Crippen molar-refractivity contribution in [2.24, 2.45) is 0 Å². The van der Waals surface area contributed by atoms with E-state index in [0.717, 1.165) is 116 Å². The van der Waals surface area contributed by atoms with Gasteiger partial charge in [0.25, 0.3) is 7.82 Å². The van der Waals surface area contributed by atoms with Crippen LogP contribution in [0.5, 0.6) is 0 Å². The lowest BCUT2D eigenvalue weighted by atomic mass is 10.0. The van der Waals surface area contributed by atoms with Crippen LogP contribution >= 0.6 is 7.82 Å². The molecule has 0 fully saturated rings. The standard InChI is InChI=1S/C68H115N2O7P/c1-7-10-13-16-19-22-25-28-30-32-33-34-35-36-37-39-40-42-45-48-51-54-57-60-67(71)69-65(64-76-78(73,74)75-63-62-70(4,5)6)66(59-56-53-50-47-44-27-24-21-18-15-12-9-3)77-68(72)61-58-55-52-49-46-43-41-38-31-29-26-23-20-17-14-11-8-2/h10-11,13-14,19-20,22-23,28-31,33-34,36-37,41,43,49,52,56,59,65-66H,7-9,12,15-18,21,24-27,32,35,38-40,42,44-48,50-51,53-55,57-58,60-64H2,1-6H3,(H-,69,71,73,74)/b13-10-,14-11-,22-19-,23-20-,30-28-,31-29-,34-33-,37-36-,43-41-,52-49-,59-56-. The van der Waals surface area contributed by atoms with E-state index in [1.54, 1.807) is 6.08 Å². The minimum Gasteiger partial charge on any atom is -0.756 e. The largest absolute Gasteiger partial charge is 0.756 e. The molecule has 78 heavy (non-hydrogen) atoms. The van der Waals surface area contributed by atoms with Crippen molar-refractivity contribution in [2.45, 2.75) is 245 Å². The molecule has 3 atom stereocenters. The molecule has 1 N–H and O–H groups in total. The summed E-state index contributed by atoms with van der Waals surface area (Å²) in [5.74, 6) is -0.632. The lowest BCUT2D eigenvalue weighted by Crippen LogP contribution is -2.47. The van der Waals surface area contributed by atoms with Crippen molar-refractivity contribution in [1.82, 2.24) is 5.32 Å². The molecule has 10 heteroatoms. The maximum atomic E-state index is 13.5. The minimum atomic E-state index is -4.72. The van der Waals surface area contributed by atoms with Crippen LogP contribution in [-0.2, 0) is 27.9 Å². The fourth-order valence-electron chi connectivity index (χ4n) is 8.11. The van der Waals surface area contributed by atoms with Crippen LogP contribution in [0, 0.1) is 0 Å². The van der Waals surface area contributed by atoms with Crippen molar-refractivity contribution in [1.29, 1.82) is 0 Å². The van der Waals surface area contributed by atoms with E-state index in [1.165, 1.54) is 70.6 Å². The number of rotatable bonds is 54. The molecule has 0 saturated carbocycles. The molecule has 0 bridgehead atoms. The second kappa shape index (κ2) is 56.4. The van der Waals surface area contributed by atoms with Gasteiger partial charge in [0.15, 0.2) is 0 Å². The van der Waals surface area contributed by atoms with Gasteiger partial charge in [-0.3, -0.25) is 14.2 Å². The molecular weight excluding hydrogens is 988 g/mol. The van der Waals surface area contributed by atoms with Crippen LogP contribution in [0.3, 0.4) is 0 Å². The first-order chi connectivity index (χ1) is 37.9. The Morgan fingerprint density at radius 3 is 1.26 bits per heavy atom. The average Bonchev–Trinajstić information content (AvgIpc) is 3.40. The number of amides is 1. The highest BCUT2D eigenvalue weighted by Crippen LogP contribution is 2.38. The summed E-state index contributed by atoms with van der Waals surface area (Å²) in [5, 5.41) is 3.00. The summed E-state index contributed by atoms with van der Waals surface area (Å²) >= 11 is 0. The normalized spacial score (nSPS) is 14.6. The van der Waals surface area contributed by atoms with E-state index < -0.39 is 32.5 Å². The molecular formula is C68H115N2O7P. The molecule has 0 aliphatic rings. The van der Waals surface area contributed by atoms with Gasteiger partial charge in [-0.05, 0) is 115 Å². The third-order valence-corrected chi connectivity index (χ3v) is 13.8. The number of nitrogens with one attached hydrogen (secondary N) is 1. The van der Waals surface area contributed by atoms with Crippen LogP contribution in [0.1, 0.15) is 233 Å². The number of unbranched alkanes of at least 4 members (excludes halogenated alkanes) is 18. The molecule has 0 aromatic heterocycles. The van der Waals surface area contributed by atoms with Gasteiger partial charge < -0.3 is 28.5 Å². The van der Waals surface area contributed by atoms with Crippen LogP contribution in [0.2, 0.25) is 0 Å². The maximum Gasteiger partial charge on any atom is 0.306 e. The number of hydrogen-bond donors (Lipinski definition) is 1. The second-order valence-electron chi connectivity index (χ2n) is 21.4. The summed E-state index contributed by atoms with van der Waals surface area (Å²) in [6, 6.07) is -0.927. The Hall–Kier alpha value is -3.85. The first-order valence-electron chi connectivity index (χ1n) is 31.0.